The second-order valence-corrected chi connectivity index (χ2v) is 12.4. The maximum absolute atomic E-state index is 13.0. The van der Waals surface area contributed by atoms with Crippen LogP contribution < -0.4 is 21.3 Å². The number of nitrogens with one attached hydrogen (secondary N) is 4. The monoisotopic (exact) mass is 626 g/mol. The third kappa shape index (κ3) is 15.1. The number of rotatable bonds is 19. The van der Waals surface area contributed by atoms with Crippen LogP contribution in [0.15, 0.2) is 60.7 Å². The maximum Gasteiger partial charge on any atom is 0.404 e. The summed E-state index contributed by atoms with van der Waals surface area (Å²) in [6, 6.07) is 16.2. The van der Waals surface area contributed by atoms with Crippen LogP contribution in [0.25, 0.3) is 0 Å². The maximum atomic E-state index is 13.0. The van der Waals surface area contributed by atoms with Gasteiger partial charge in [0, 0.05) is 13.0 Å². The summed E-state index contributed by atoms with van der Waals surface area (Å²) in [6.07, 6.45) is -2.99. The normalized spacial score (nSPS) is 14.6. The number of amides is 4. The van der Waals surface area contributed by atoms with Gasteiger partial charge in [0.15, 0.2) is 0 Å². The Kier molecular flexibility index (Phi) is 16.1. The van der Waals surface area contributed by atoms with E-state index < -0.39 is 48.2 Å². The van der Waals surface area contributed by atoms with Gasteiger partial charge in [-0.15, -0.1) is 0 Å². The van der Waals surface area contributed by atoms with Crippen LogP contribution >= 0.6 is 0 Å². The highest BCUT2D eigenvalue weighted by molar-refractivity contribution is 5.87. The lowest BCUT2D eigenvalue weighted by atomic mass is 9.95. The first-order valence-corrected chi connectivity index (χ1v) is 15.6. The third-order valence-corrected chi connectivity index (χ3v) is 7.34. The fraction of sp³-hybridized carbons (Fsp3) is 0.529. The van der Waals surface area contributed by atoms with E-state index in [1.807, 2.05) is 88.4 Å². The number of carbonyl (C=O) groups excluding carboxylic acids is 3. The Morgan fingerprint density at radius 3 is 1.82 bits per heavy atom. The van der Waals surface area contributed by atoms with Gasteiger partial charge in [-0.25, -0.2) is 4.79 Å². The molecule has 0 fully saturated rings. The third-order valence-electron chi connectivity index (χ3n) is 7.34. The molecule has 0 aliphatic rings. The minimum Gasteiger partial charge on any atom is -0.465 e. The summed E-state index contributed by atoms with van der Waals surface area (Å²) in [6.45, 7) is 8.08. The van der Waals surface area contributed by atoms with Crippen molar-refractivity contribution in [2.24, 2.45) is 11.8 Å². The number of hydrogen-bond acceptors (Lipinski definition) is 6. The summed E-state index contributed by atoms with van der Waals surface area (Å²) in [4.78, 5) is 50.1. The second-order valence-electron chi connectivity index (χ2n) is 12.4. The van der Waals surface area contributed by atoms with E-state index in [1.54, 1.807) is 0 Å². The molecule has 2 aromatic carbocycles. The van der Waals surface area contributed by atoms with E-state index >= 15 is 0 Å². The molecule has 0 saturated carbocycles. The molecule has 0 saturated heterocycles. The van der Waals surface area contributed by atoms with Crippen molar-refractivity contribution in [3.8, 4) is 0 Å². The van der Waals surface area contributed by atoms with Gasteiger partial charge < -0.3 is 36.6 Å². The predicted molar refractivity (Wildman–Crippen MR) is 172 cm³/mol. The molecule has 248 valence electrons. The highest BCUT2D eigenvalue weighted by Gasteiger charge is 2.28. The molecule has 5 atom stereocenters. The van der Waals surface area contributed by atoms with Crippen LogP contribution in [0, 0.1) is 11.8 Å². The van der Waals surface area contributed by atoms with E-state index in [2.05, 4.69) is 21.3 Å². The fourth-order valence-electron chi connectivity index (χ4n) is 5.09. The smallest absolute Gasteiger partial charge is 0.404 e. The van der Waals surface area contributed by atoms with Gasteiger partial charge in [0.25, 0.3) is 0 Å². The Hall–Kier alpha value is -3.96. The zero-order chi connectivity index (χ0) is 33.4. The van der Waals surface area contributed by atoms with Crippen LogP contribution in [0.5, 0.6) is 0 Å². The van der Waals surface area contributed by atoms with Gasteiger partial charge >= 0.3 is 6.09 Å². The molecule has 0 aliphatic heterocycles. The Morgan fingerprint density at radius 2 is 1.27 bits per heavy atom. The first-order chi connectivity index (χ1) is 21.3. The lowest BCUT2D eigenvalue weighted by molar-refractivity contribution is -0.131. The molecule has 7 N–H and O–H groups in total. The first-order valence-electron chi connectivity index (χ1n) is 15.6. The molecular formula is C34H50N4O7. The van der Waals surface area contributed by atoms with Crippen molar-refractivity contribution in [2.45, 2.75) is 103 Å². The number of hydrogen-bond donors (Lipinski definition) is 7. The topological polar surface area (TPSA) is 177 Å². The molecular weight excluding hydrogens is 576 g/mol. The summed E-state index contributed by atoms with van der Waals surface area (Å²) in [5.74, 6) is -1.05. The molecule has 2 rings (SSSR count). The van der Waals surface area contributed by atoms with Crippen LogP contribution in [0.4, 0.5) is 4.79 Å². The molecule has 11 nitrogen and oxygen atoms in total. The molecule has 0 aromatic heterocycles. The molecule has 2 aromatic rings. The van der Waals surface area contributed by atoms with Gasteiger partial charge in [-0.05, 0) is 48.6 Å². The Balaban J connectivity index is 1.96. The van der Waals surface area contributed by atoms with E-state index in [9.17, 15) is 34.5 Å². The molecule has 0 radical (unpaired) electrons. The van der Waals surface area contributed by atoms with Crippen molar-refractivity contribution in [3.63, 3.8) is 0 Å². The van der Waals surface area contributed by atoms with Crippen LogP contribution in [0.3, 0.4) is 0 Å². The average Bonchev–Trinajstić information content (AvgIpc) is 2.98. The second kappa shape index (κ2) is 19.4. The highest BCUT2D eigenvalue weighted by Crippen LogP contribution is 2.15. The van der Waals surface area contributed by atoms with Gasteiger partial charge in [0.1, 0.15) is 6.04 Å². The van der Waals surface area contributed by atoms with Crippen molar-refractivity contribution in [1.29, 1.82) is 0 Å². The lowest BCUT2D eigenvalue weighted by Gasteiger charge is -2.27. The summed E-state index contributed by atoms with van der Waals surface area (Å²) in [5, 5.41) is 41.7. The summed E-state index contributed by atoms with van der Waals surface area (Å²) >= 11 is 0. The number of carboxylic acid groups (broad SMARTS) is 1. The largest absolute Gasteiger partial charge is 0.465 e. The lowest BCUT2D eigenvalue weighted by Crippen LogP contribution is -2.50. The summed E-state index contributed by atoms with van der Waals surface area (Å²) in [5.41, 5.74) is 1.77. The van der Waals surface area contributed by atoms with Gasteiger partial charge in [-0.2, -0.15) is 0 Å². The number of carbonyl (C=O) groups is 4. The fourth-order valence-corrected chi connectivity index (χ4v) is 5.09. The van der Waals surface area contributed by atoms with E-state index in [4.69, 9.17) is 0 Å². The zero-order valence-electron chi connectivity index (χ0n) is 26.7. The van der Waals surface area contributed by atoms with E-state index in [1.165, 1.54) is 0 Å². The number of aliphatic hydroxyl groups excluding tert-OH is 2. The summed E-state index contributed by atoms with van der Waals surface area (Å²) < 4.78 is 0. The minimum absolute atomic E-state index is 0.0103. The zero-order valence-corrected chi connectivity index (χ0v) is 26.7. The Morgan fingerprint density at radius 1 is 0.689 bits per heavy atom. The standard InChI is InChI=1S/C34H50N4O7/c1-22(2)17-26(36-31(41)16-15-29(39)27(38-34(44)45)19-24-11-7-5-8-12-24)30(40)20-32(42)37-28(18-23(3)4)33(43)35-21-25-13-9-6-10-14-25/h5-14,22-23,26-30,38-40H,15-21H2,1-4H3,(H,35,43)(H,36,41)(H,37,42)(H,44,45)/t26-,27-,28-,29?,30-/m0/s1. The van der Waals surface area contributed by atoms with Crippen molar-refractivity contribution in [3.05, 3.63) is 71.8 Å². The molecule has 45 heavy (non-hydrogen) atoms. The average molecular weight is 627 g/mol. The van der Waals surface area contributed by atoms with Gasteiger partial charge in [0.05, 0.1) is 30.7 Å². The predicted octanol–water partition coefficient (Wildman–Crippen LogP) is 3.14. The number of benzene rings is 2. The Labute approximate surface area is 266 Å². The van der Waals surface area contributed by atoms with E-state index in [-0.39, 0.29) is 43.4 Å². The molecule has 0 heterocycles. The highest BCUT2D eigenvalue weighted by atomic mass is 16.4. The quantitative estimate of drug-likeness (QED) is 0.125. The summed E-state index contributed by atoms with van der Waals surface area (Å²) in [7, 11) is 0. The molecule has 0 aliphatic carbocycles. The van der Waals surface area contributed by atoms with Crippen LogP contribution in [-0.2, 0) is 27.3 Å². The molecule has 4 amide bonds. The van der Waals surface area contributed by atoms with Crippen molar-refractivity contribution >= 4 is 23.8 Å². The Bertz CT molecular complexity index is 1190. The van der Waals surface area contributed by atoms with E-state index in [0.29, 0.717) is 19.4 Å². The van der Waals surface area contributed by atoms with Crippen LogP contribution in [0.1, 0.15) is 70.9 Å². The van der Waals surface area contributed by atoms with Crippen LogP contribution in [0.2, 0.25) is 0 Å². The first kappa shape index (κ1) is 37.2. The molecule has 11 heteroatoms. The van der Waals surface area contributed by atoms with E-state index in [0.717, 1.165) is 11.1 Å². The van der Waals surface area contributed by atoms with Gasteiger partial charge in [0.2, 0.25) is 17.7 Å². The van der Waals surface area contributed by atoms with Gasteiger partial charge in [-0.1, -0.05) is 88.4 Å². The van der Waals surface area contributed by atoms with Crippen molar-refractivity contribution in [1.82, 2.24) is 21.3 Å². The van der Waals surface area contributed by atoms with Crippen LogP contribution in [-0.4, -0.2) is 69.5 Å². The molecule has 1 unspecified atom stereocenters. The SMILES string of the molecule is CC(C)C[C@H](NC(=O)C[C@H](O)[C@H](CC(C)C)NC(=O)CCC(O)[C@H](Cc1ccccc1)NC(=O)O)C(=O)NCc1ccccc1. The minimum atomic E-state index is -1.28. The van der Waals surface area contributed by atoms with Crippen molar-refractivity contribution in [2.75, 3.05) is 0 Å². The number of aliphatic hydroxyl groups is 2. The van der Waals surface area contributed by atoms with Crippen molar-refractivity contribution < 1.29 is 34.5 Å². The molecule has 0 bridgehead atoms. The van der Waals surface area contributed by atoms with Gasteiger partial charge in [-0.3, -0.25) is 14.4 Å². The molecule has 0 spiro atoms.